The quantitative estimate of drug-likeness (QED) is 0.390. The summed E-state index contributed by atoms with van der Waals surface area (Å²) < 4.78 is 0. The SMILES string of the molecule is CCCN(CCN(C)CCCSc1ccccc1)Cc1ccccc1. The Morgan fingerprint density at radius 3 is 2.16 bits per heavy atom. The second-order valence-electron chi connectivity index (χ2n) is 6.58. The third kappa shape index (κ3) is 8.57. The fourth-order valence-electron chi connectivity index (χ4n) is 2.89. The molecule has 0 bridgehead atoms. The molecule has 0 aromatic heterocycles. The molecule has 0 saturated carbocycles. The second kappa shape index (κ2) is 12.1. The van der Waals surface area contributed by atoms with Crippen LogP contribution >= 0.6 is 11.8 Å². The van der Waals surface area contributed by atoms with Crippen LogP contribution in [-0.4, -0.2) is 48.8 Å². The van der Waals surface area contributed by atoms with E-state index in [9.17, 15) is 0 Å². The lowest BCUT2D eigenvalue weighted by Crippen LogP contribution is -2.34. The Morgan fingerprint density at radius 1 is 0.800 bits per heavy atom. The van der Waals surface area contributed by atoms with Gasteiger partial charge in [0.1, 0.15) is 0 Å². The van der Waals surface area contributed by atoms with Crippen molar-refractivity contribution in [3.05, 3.63) is 66.2 Å². The molecule has 0 atom stereocenters. The van der Waals surface area contributed by atoms with Gasteiger partial charge in [-0.3, -0.25) is 4.90 Å². The highest BCUT2D eigenvalue weighted by Gasteiger charge is 2.07. The van der Waals surface area contributed by atoms with Crippen LogP contribution in [0.4, 0.5) is 0 Å². The van der Waals surface area contributed by atoms with Gasteiger partial charge in [0.05, 0.1) is 0 Å². The first kappa shape index (κ1) is 20.0. The van der Waals surface area contributed by atoms with Gasteiger partial charge in [-0.15, -0.1) is 11.8 Å². The van der Waals surface area contributed by atoms with Crippen molar-refractivity contribution in [2.45, 2.75) is 31.2 Å². The molecule has 0 amide bonds. The molecule has 0 unspecified atom stereocenters. The molecule has 0 aliphatic rings. The van der Waals surface area contributed by atoms with E-state index in [4.69, 9.17) is 0 Å². The first-order valence-electron chi connectivity index (χ1n) is 9.40. The molecule has 3 heteroatoms. The Morgan fingerprint density at radius 2 is 1.48 bits per heavy atom. The number of likely N-dealkylation sites (N-methyl/N-ethyl adjacent to an activating group) is 1. The minimum Gasteiger partial charge on any atom is -0.305 e. The number of rotatable bonds is 12. The average molecular weight is 357 g/mol. The highest BCUT2D eigenvalue weighted by atomic mass is 32.2. The van der Waals surface area contributed by atoms with E-state index in [2.05, 4.69) is 84.4 Å². The van der Waals surface area contributed by atoms with Gasteiger partial charge in [0.25, 0.3) is 0 Å². The van der Waals surface area contributed by atoms with E-state index in [-0.39, 0.29) is 0 Å². The maximum atomic E-state index is 2.57. The summed E-state index contributed by atoms with van der Waals surface area (Å²) in [5.41, 5.74) is 1.41. The molecular formula is C22H32N2S. The number of hydrogen-bond acceptors (Lipinski definition) is 3. The van der Waals surface area contributed by atoms with E-state index >= 15 is 0 Å². The largest absolute Gasteiger partial charge is 0.305 e. The molecule has 0 radical (unpaired) electrons. The van der Waals surface area contributed by atoms with Crippen molar-refractivity contribution in [3.63, 3.8) is 0 Å². The Labute approximate surface area is 158 Å². The molecule has 0 spiro atoms. The molecule has 0 saturated heterocycles. The lowest BCUT2D eigenvalue weighted by atomic mass is 10.2. The van der Waals surface area contributed by atoms with Crippen molar-refractivity contribution in [1.29, 1.82) is 0 Å². The monoisotopic (exact) mass is 356 g/mol. The third-order valence-corrected chi connectivity index (χ3v) is 5.38. The molecule has 136 valence electrons. The maximum absolute atomic E-state index is 2.57. The summed E-state index contributed by atoms with van der Waals surface area (Å²) in [5, 5.41) is 0. The lowest BCUT2D eigenvalue weighted by Gasteiger charge is -2.25. The first-order chi connectivity index (χ1) is 12.3. The number of hydrogen-bond donors (Lipinski definition) is 0. The fourth-order valence-corrected chi connectivity index (χ4v) is 3.75. The summed E-state index contributed by atoms with van der Waals surface area (Å²) in [5.74, 6) is 1.19. The van der Waals surface area contributed by atoms with Crippen molar-refractivity contribution in [2.75, 3.05) is 39.0 Å². The first-order valence-corrected chi connectivity index (χ1v) is 10.4. The summed E-state index contributed by atoms with van der Waals surface area (Å²) in [7, 11) is 2.25. The molecule has 25 heavy (non-hydrogen) atoms. The normalized spacial score (nSPS) is 11.4. The molecular weight excluding hydrogens is 324 g/mol. The second-order valence-corrected chi connectivity index (χ2v) is 7.75. The molecule has 0 heterocycles. The van der Waals surface area contributed by atoms with Gasteiger partial charge in [0, 0.05) is 24.5 Å². The molecule has 0 N–H and O–H groups in total. The molecule has 0 aliphatic heterocycles. The van der Waals surface area contributed by atoms with Crippen molar-refractivity contribution in [3.8, 4) is 0 Å². The van der Waals surface area contributed by atoms with Gasteiger partial charge in [0.15, 0.2) is 0 Å². The maximum Gasteiger partial charge on any atom is 0.0234 e. The predicted octanol–water partition coefficient (Wildman–Crippen LogP) is 5.01. The average Bonchev–Trinajstić information content (AvgIpc) is 2.65. The van der Waals surface area contributed by atoms with Gasteiger partial charge in [0.2, 0.25) is 0 Å². The van der Waals surface area contributed by atoms with Crippen LogP contribution in [0.1, 0.15) is 25.3 Å². The molecule has 2 rings (SSSR count). The van der Waals surface area contributed by atoms with Crippen LogP contribution < -0.4 is 0 Å². The van der Waals surface area contributed by atoms with Crippen molar-refractivity contribution < 1.29 is 0 Å². The van der Waals surface area contributed by atoms with Crippen LogP contribution in [0.15, 0.2) is 65.6 Å². The van der Waals surface area contributed by atoms with Gasteiger partial charge in [-0.1, -0.05) is 55.5 Å². The summed E-state index contributed by atoms with van der Waals surface area (Å²) in [6.07, 6.45) is 2.45. The van der Waals surface area contributed by atoms with Crippen molar-refractivity contribution in [1.82, 2.24) is 9.80 Å². The zero-order valence-electron chi connectivity index (χ0n) is 15.7. The van der Waals surface area contributed by atoms with Crippen LogP contribution in [0, 0.1) is 0 Å². The van der Waals surface area contributed by atoms with E-state index in [1.807, 2.05) is 11.8 Å². The van der Waals surface area contributed by atoms with Gasteiger partial charge < -0.3 is 4.90 Å². The molecule has 2 nitrogen and oxygen atoms in total. The number of thioether (sulfide) groups is 1. The van der Waals surface area contributed by atoms with Gasteiger partial charge in [-0.25, -0.2) is 0 Å². The Balaban J connectivity index is 1.63. The zero-order chi connectivity index (χ0) is 17.7. The third-order valence-electron chi connectivity index (χ3n) is 4.28. The highest BCUT2D eigenvalue weighted by molar-refractivity contribution is 7.99. The summed E-state index contributed by atoms with van der Waals surface area (Å²) >= 11 is 1.96. The number of benzene rings is 2. The van der Waals surface area contributed by atoms with Crippen molar-refractivity contribution >= 4 is 11.8 Å². The van der Waals surface area contributed by atoms with Crippen molar-refractivity contribution in [2.24, 2.45) is 0 Å². The summed E-state index contributed by atoms with van der Waals surface area (Å²) in [6, 6.07) is 21.5. The van der Waals surface area contributed by atoms with Crippen LogP contribution in [0.2, 0.25) is 0 Å². The van der Waals surface area contributed by atoms with Crippen LogP contribution in [0.25, 0.3) is 0 Å². The van der Waals surface area contributed by atoms with Crippen LogP contribution in [0.5, 0.6) is 0 Å². The van der Waals surface area contributed by atoms with E-state index in [1.165, 1.54) is 42.1 Å². The molecule has 2 aromatic carbocycles. The van der Waals surface area contributed by atoms with Crippen LogP contribution in [-0.2, 0) is 6.54 Å². The lowest BCUT2D eigenvalue weighted by molar-refractivity contribution is 0.219. The molecule has 2 aromatic rings. The standard InChI is InChI=1S/C22H32N2S/c1-3-15-24(20-21-11-6-4-7-12-21)18-17-23(2)16-10-19-25-22-13-8-5-9-14-22/h4-9,11-14H,3,10,15-20H2,1-2H3. The predicted molar refractivity (Wildman–Crippen MR) is 111 cm³/mol. The van der Waals surface area contributed by atoms with E-state index in [0.29, 0.717) is 0 Å². The van der Waals surface area contributed by atoms with E-state index in [1.54, 1.807) is 0 Å². The minimum atomic E-state index is 1.06. The van der Waals surface area contributed by atoms with Crippen LogP contribution in [0.3, 0.4) is 0 Å². The smallest absolute Gasteiger partial charge is 0.0234 e. The van der Waals surface area contributed by atoms with Gasteiger partial charge in [-0.05, 0) is 56.4 Å². The summed E-state index contributed by atoms with van der Waals surface area (Å²) in [4.78, 5) is 6.42. The Kier molecular flexibility index (Phi) is 9.71. The zero-order valence-corrected chi connectivity index (χ0v) is 16.5. The van der Waals surface area contributed by atoms with Gasteiger partial charge in [-0.2, -0.15) is 0 Å². The van der Waals surface area contributed by atoms with Gasteiger partial charge >= 0.3 is 0 Å². The minimum absolute atomic E-state index is 1.06. The van der Waals surface area contributed by atoms with E-state index in [0.717, 1.165) is 19.6 Å². The Hall–Kier alpha value is -1.29. The molecule has 0 aliphatic carbocycles. The Bertz CT molecular complexity index is 559. The fraction of sp³-hybridized carbons (Fsp3) is 0.455. The highest BCUT2D eigenvalue weighted by Crippen LogP contribution is 2.17. The number of nitrogens with zero attached hydrogens (tertiary/aromatic N) is 2. The van der Waals surface area contributed by atoms with E-state index < -0.39 is 0 Å². The topological polar surface area (TPSA) is 6.48 Å². The summed E-state index contributed by atoms with van der Waals surface area (Å²) in [6.45, 7) is 7.96. The molecule has 0 fully saturated rings.